The Kier molecular flexibility index (Phi) is 3.09. The molecule has 2 fully saturated rings. The summed E-state index contributed by atoms with van der Waals surface area (Å²) in [6.45, 7) is 4.38. The van der Waals surface area contributed by atoms with Crippen LogP contribution < -0.4 is 9.64 Å². The second-order valence-electron chi connectivity index (χ2n) is 5.44. The molecular weight excluding hydrogens is 326 g/mol. The number of β-lactam (4-membered cyclic amide) rings is 1. The van der Waals surface area contributed by atoms with E-state index in [1.807, 2.05) is 29.2 Å². The van der Waals surface area contributed by atoms with Gasteiger partial charge in [-0.3, -0.25) is 4.79 Å². The van der Waals surface area contributed by atoms with Crippen LogP contribution in [0.2, 0.25) is 0 Å². The van der Waals surface area contributed by atoms with Gasteiger partial charge >= 0.3 is 0 Å². The third kappa shape index (κ3) is 1.89. The minimum absolute atomic E-state index is 0.0895. The lowest BCUT2D eigenvalue weighted by Gasteiger charge is -2.44. The third-order valence-electron chi connectivity index (χ3n) is 3.83. The fourth-order valence-electron chi connectivity index (χ4n) is 2.73. The zero-order valence-corrected chi connectivity index (χ0v) is 13.5. The van der Waals surface area contributed by atoms with Gasteiger partial charge in [0.2, 0.25) is 5.91 Å². The molecule has 3 atom stereocenters. The standard InChI is InChI=1S/C14H16BrNO2S/c1-14(2)12(15)10-11(19-14)13(17)16(10)8-4-6-9(18-3)7-5-8/h4-7,10-12H,1-3H3/t10-,11-,12?/m0/s1. The second kappa shape index (κ2) is 4.42. The molecule has 0 radical (unpaired) electrons. The van der Waals surface area contributed by atoms with Crippen LogP contribution in [-0.4, -0.2) is 33.9 Å². The molecule has 0 aliphatic carbocycles. The van der Waals surface area contributed by atoms with Crippen molar-refractivity contribution >= 4 is 39.3 Å². The van der Waals surface area contributed by atoms with Crippen LogP contribution in [-0.2, 0) is 4.79 Å². The number of nitrogens with zero attached hydrogens (tertiary/aromatic N) is 1. The first kappa shape index (κ1) is 13.3. The summed E-state index contributed by atoms with van der Waals surface area (Å²) in [4.78, 5) is 14.5. The lowest BCUT2D eigenvalue weighted by molar-refractivity contribution is -0.123. The SMILES string of the molecule is COc1ccc(N2C(=O)[C@H]3SC(C)(C)C(Br)[C@H]32)cc1. The van der Waals surface area contributed by atoms with Crippen LogP contribution in [0.3, 0.4) is 0 Å². The minimum atomic E-state index is 0.0895. The molecule has 1 amide bonds. The molecule has 0 spiro atoms. The zero-order chi connectivity index (χ0) is 13.8. The van der Waals surface area contributed by atoms with E-state index in [4.69, 9.17) is 4.74 Å². The largest absolute Gasteiger partial charge is 0.497 e. The normalized spacial score (nSPS) is 31.9. The number of halogens is 1. The van der Waals surface area contributed by atoms with Crippen molar-refractivity contribution in [2.24, 2.45) is 0 Å². The van der Waals surface area contributed by atoms with Gasteiger partial charge in [-0.15, -0.1) is 11.8 Å². The maximum absolute atomic E-state index is 12.3. The van der Waals surface area contributed by atoms with Gasteiger partial charge in [-0.25, -0.2) is 0 Å². The highest BCUT2D eigenvalue weighted by molar-refractivity contribution is 9.09. The van der Waals surface area contributed by atoms with Gasteiger partial charge in [0.05, 0.1) is 18.0 Å². The minimum Gasteiger partial charge on any atom is -0.497 e. The van der Waals surface area contributed by atoms with Crippen molar-refractivity contribution in [2.45, 2.75) is 34.7 Å². The molecular formula is C14H16BrNO2S. The predicted octanol–water partition coefficient (Wildman–Crippen LogP) is 3.07. The molecule has 3 rings (SSSR count). The summed E-state index contributed by atoms with van der Waals surface area (Å²) in [6, 6.07) is 7.94. The average Bonchev–Trinajstić information content (AvgIpc) is 2.60. The van der Waals surface area contributed by atoms with Crippen LogP contribution in [0.4, 0.5) is 5.69 Å². The summed E-state index contributed by atoms with van der Waals surface area (Å²) in [7, 11) is 1.64. The van der Waals surface area contributed by atoms with Crippen molar-refractivity contribution in [3.05, 3.63) is 24.3 Å². The molecule has 1 aromatic rings. The number of ether oxygens (including phenoxy) is 1. The molecule has 3 nitrogen and oxygen atoms in total. The topological polar surface area (TPSA) is 29.5 Å². The Morgan fingerprint density at radius 3 is 2.53 bits per heavy atom. The van der Waals surface area contributed by atoms with Crippen LogP contribution in [0.5, 0.6) is 5.75 Å². The molecule has 0 bridgehead atoms. The predicted molar refractivity (Wildman–Crippen MR) is 82.4 cm³/mol. The summed E-state index contributed by atoms with van der Waals surface area (Å²) in [5, 5.41) is 0.0986. The second-order valence-corrected chi connectivity index (χ2v) is 8.22. The Morgan fingerprint density at radius 2 is 1.95 bits per heavy atom. The molecule has 1 unspecified atom stereocenters. The van der Waals surface area contributed by atoms with E-state index >= 15 is 0 Å². The van der Waals surface area contributed by atoms with Crippen LogP contribution in [0.1, 0.15) is 13.8 Å². The van der Waals surface area contributed by atoms with E-state index in [2.05, 4.69) is 29.8 Å². The van der Waals surface area contributed by atoms with Gasteiger partial charge in [0, 0.05) is 10.4 Å². The molecule has 2 aliphatic rings. The summed E-state index contributed by atoms with van der Waals surface area (Å²) in [5.74, 6) is 1.03. The van der Waals surface area contributed by atoms with Gasteiger partial charge in [0.25, 0.3) is 0 Å². The van der Waals surface area contributed by atoms with Crippen molar-refractivity contribution < 1.29 is 9.53 Å². The number of fused-ring (bicyclic) bond motifs is 1. The smallest absolute Gasteiger partial charge is 0.242 e. The van der Waals surface area contributed by atoms with Crippen LogP contribution in [0.15, 0.2) is 24.3 Å². The van der Waals surface area contributed by atoms with Gasteiger partial charge < -0.3 is 9.64 Å². The molecule has 2 aliphatic heterocycles. The number of thioether (sulfide) groups is 1. The maximum atomic E-state index is 12.3. The van der Waals surface area contributed by atoms with E-state index in [0.29, 0.717) is 4.83 Å². The van der Waals surface area contributed by atoms with Gasteiger partial charge in [-0.1, -0.05) is 15.9 Å². The number of benzene rings is 1. The van der Waals surface area contributed by atoms with E-state index in [0.717, 1.165) is 11.4 Å². The molecule has 2 saturated heterocycles. The number of amides is 1. The molecule has 2 heterocycles. The molecule has 102 valence electrons. The van der Waals surface area contributed by atoms with E-state index in [9.17, 15) is 4.79 Å². The quantitative estimate of drug-likeness (QED) is 0.611. The lowest BCUT2D eigenvalue weighted by Crippen LogP contribution is -2.64. The summed E-state index contributed by atoms with van der Waals surface area (Å²) < 4.78 is 5.24. The Balaban J connectivity index is 1.88. The van der Waals surface area contributed by atoms with Crippen molar-refractivity contribution in [3.63, 3.8) is 0 Å². The number of alkyl halides is 1. The lowest BCUT2D eigenvalue weighted by atomic mass is 9.91. The third-order valence-corrected chi connectivity index (χ3v) is 7.42. The van der Waals surface area contributed by atoms with E-state index in [1.165, 1.54) is 0 Å². The van der Waals surface area contributed by atoms with Gasteiger partial charge in [-0.05, 0) is 38.1 Å². The molecule has 5 heteroatoms. The van der Waals surface area contributed by atoms with Crippen LogP contribution in [0.25, 0.3) is 0 Å². The Morgan fingerprint density at radius 1 is 1.32 bits per heavy atom. The Labute approximate surface area is 125 Å². The number of methoxy groups -OCH3 is 1. The first-order valence-electron chi connectivity index (χ1n) is 6.25. The van der Waals surface area contributed by atoms with Gasteiger partial charge in [-0.2, -0.15) is 0 Å². The van der Waals surface area contributed by atoms with Crippen molar-refractivity contribution in [1.82, 2.24) is 0 Å². The van der Waals surface area contributed by atoms with Crippen molar-refractivity contribution in [2.75, 3.05) is 12.0 Å². The Hall–Kier alpha value is -0.680. The van der Waals surface area contributed by atoms with Gasteiger partial charge in [0.1, 0.15) is 11.0 Å². The molecule has 0 aromatic heterocycles. The number of carbonyl (C=O) groups is 1. The fraction of sp³-hybridized carbons (Fsp3) is 0.500. The number of hydrogen-bond donors (Lipinski definition) is 0. The number of hydrogen-bond acceptors (Lipinski definition) is 3. The molecule has 19 heavy (non-hydrogen) atoms. The summed E-state index contributed by atoms with van der Waals surface area (Å²) in [6.07, 6.45) is 0. The zero-order valence-electron chi connectivity index (χ0n) is 11.1. The first-order chi connectivity index (χ1) is 8.95. The van der Waals surface area contributed by atoms with Crippen LogP contribution >= 0.6 is 27.7 Å². The molecule has 0 saturated carbocycles. The van der Waals surface area contributed by atoms with Crippen molar-refractivity contribution in [3.8, 4) is 5.75 Å². The highest BCUT2D eigenvalue weighted by atomic mass is 79.9. The van der Waals surface area contributed by atoms with Crippen molar-refractivity contribution in [1.29, 1.82) is 0 Å². The molecule has 0 N–H and O–H groups in total. The first-order valence-corrected chi connectivity index (χ1v) is 8.04. The van der Waals surface area contributed by atoms with E-state index in [1.54, 1.807) is 18.9 Å². The highest BCUT2D eigenvalue weighted by Gasteiger charge is 2.61. The Bertz CT molecular complexity index is 517. The highest BCUT2D eigenvalue weighted by Crippen LogP contribution is 2.54. The molecule has 1 aromatic carbocycles. The van der Waals surface area contributed by atoms with Gasteiger partial charge in [0.15, 0.2) is 0 Å². The van der Waals surface area contributed by atoms with E-state index in [-0.39, 0.29) is 21.9 Å². The van der Waals surface area contributed by atoms with Crippen LogP contribution in [0, 0.1) is 0 Å². The average molecular weight is 342 g/mol. The fourth-order valence-corrected chi connectivity index (χ4v) is 5.36. The number of rotatable bonds is 2. The maximum Gasteiger partial charge on any atom is 0.242 e. The number of carbonyl (C=O) groups excluding carboxylic acids is 1. The number of anilines is 1. The monoisotopic (exact) mass is 341 g/mol. The summed E-state index contributed by atoms with van der Waals surface area (Å²) in [5.41, 5.74) is 0.954. The summed E-state index contributed by atoms with van der Waals surface area (Å²) >= 11 is 5.55. The van der Waals surface area contributed by atoms with E-state index < -0.39 is 0 Å².